The van der Waals surface area contributed by atoms with Gasteiger partial charge in [-0.25, -0.2) is 0 Å². The summed E-state index contributed by atoms with van der Waals surface area (Å²) >= 11 is 0. The normalized spacial score (nSPS) is 17.3. The molecule has 27 heavy (non-hydrogen) atoms. The van der Waals surface area contributed by atoms with Crippen molar-refractivity contribution in [1.29, 1.82) is 0 Å². The summed E-state index contributed by atoms with van der Waals surface area (Å²) in [6.45, 7) is 5.12. The number of nitrogens with one attached hydrogen (secondary N) is 2. The molecule has 0 aliphatic carbocycles. The van der Waals surface area contributed by atoms with Crippen LogP contribution >= 0.6 is 0 Å². The van der Waals surface area contributed by atoms with Gasteiger partial charge in [-0.05, 0) is 55.1 Å². The summed E-state index contributed by atoms with van der Waals surface area (Å²) in [7, 11) is 0. The van der Waals surface area contributed by atoms with E-state index >= 15 is 0 Å². The predicted octanol–water partition coefficient (Wildman–Crippen LogP) is 2.68. The number of likely N-dealkylation sites (tertiary alicyclic amines) is 1. The number of anilines is 1. The largest absolute Gasteiger partial charge is 0.352 e. The van der Waals surface area contributed by atoms with Crippen LogP contribution in [0.15, 0.2) is 48.8 Å². The van der Waals surface area contributed by atoms with Crippen LogP contribution in [0.2, 0.25) is 0 Å². The minimum Gasteiger partial charge on any atom is -0.352 e. The Hall–Kier alpha value is -2.73. The molecule has 2 heterocycles. The fraction of sp³-hybridized carbons (Fsp3) is 0.381. The molecule has 0 radical (unpaired) electrons. The number of benzene rings is 1. The SMILES string of the molecule is CC(=O)Nc1ccc(CN2CCCC(CNC(=O)c3cccnc3)C2)cc1. The molecule has 6 nitrogen and oxygen atoms in total. The summed E-state index contributed by atoms with van der Waals surface area (Å²) in [5.74, 6) is 0.335. The smallest absolute Gasteiger partial charge is 0.252 e. The van der Waals surface area contributed by atoms with Gasteiger partial charge in [0.15, 0.2) is 0 Å². The Labute approximate surface area is 160 Å². The molecule has 1 aliphatic heterocycles. The number of rotatable bonds is 6. The summed E-state index contributed by atoms with van der Waals surface area (Å²) in [5.41, 5.74) is 2.65. The van der Waals surface area contributed by atoms with Crippen molar-refractivity contribution in [2.45, 2.75) is 26.3 Å². The minimum absolute atomic E-state index is 0.0602. The molecule has 1 aliphatic rings. The second-order valence-electron chi connectivity index (χ2n) is 7.07. The van der Waals surface area contributed by atoms with E-state index in [0.717, 1.165) is 38.2 Å². The van der Waals surface area contributed by atoms with Gasteiger partial charge in [-0.15, -0.1) is 0 Å². The molecule has 1 atom stereocenters. The fourth-order valence-corrected chi connectivity index (χ4v) is 3.45. The maximum atomic E-state index is 12.2. The number of hydrogen-bond donors (Lipinski definition) is 2. The number of amides is 2. The van der Waals surface area contributed by atoms with Gasteiger partial charge in [0.05, 0.1) is 5.56 Å². The summed E-state index contributed by atoms with van der Waals surface area (Å²) < 4.78 is 0. The van der Waals surface area contributed by atoms with E-state index in [1.807, 2.05) is 12.1 Å². The van der Waals surface area contributed by atoms with Gasteiger partial charge in [0.25, 0.3) is 5.91 Å². The van der Waals surface area contributed by atoms with Crippen molar-refractivity contribution in [3.8, 4) is 0 Å². The number of piperidine rings is 1. The molecule has 1 aromatic heterocycles. The molecular weight excluding hydrogens is 340 g/mol. The third-order valence-electron chi connectivity index (χ3n) is 4.76. The van der Waals surface area contributed by atoms with Crippen LogP contribution in [-0.2, 0) is 11.3 Å². The molecule has 1 unspecified atom stereocenters. The van der Waals surface area contributed by atoms with Gasteiger partial charge in [0.1, 0.15) is 0 Å². The Morgan fingerprint density at radius 1 is 1.22 bits per heavy atom. The Kier molecular flexibility index (Phi) is 6.54. The lowest BCUT2D eigenvalue weighted by atomic mass is 9.97. The summed E-state index contributed by atoms with van der Waals surface area (Å²) in [6.07, 6.45) is 5.52. The van der Waals surface area contributed by atoms with E-state index in [4.69, 9.17) is 0 Å². The second-order valence-corrected chi connectivity index (χ2v) is 7.07. The number of aromatic nitrogens is 1. The number of carbonyl (C=O) groups is 2. The quantitative estimate of drug-likeness (QED) is 0.824. The summed E-state index contributed by atoms with van der Waals surface area (Å²) in [6, 6.07) is 11.5. The molecule has 2 N–H and O–H groups in total. The van der Waals surface area contributed by atoms with Gasteiger partial charge in [0.2, 0.25) is 5.91 Å². The van der Waals surface area contributed by atoms with Crippen molar-refractivity contribution in [1.82, 2.24) is 15.2 Å². The average Bonchev–Trinajstić information content (AvgIpc) is 2.68. The standard InChI is InChI=1S/C21H26N4O2/c1-16(26)24-20-8-6-17(7-9-20)14-25-11-3-4-18(15-25)12-23-21(27)19-5-2-10-22-13-19/h2,5-10,13,18H,3-4,11-12,14-15H2,1H3,(H,23,27)(H,24,26). The zero-order valence-electron chi connectivity index (χ0n) is 15.6. The van der Waals surface area contributed by atoms with E-state index in [0.29, 0.717) is 18.0 Å². The van der Waals surface area contributed by atoms with Crippen LogP contribution in [0.3, 0.4) is 0 Å². The first-order valence-electron chi connectivity index (χ1n) is 9.37. The molecule has 2 amide bonds. The predicted molar refractivity (Wildman–Crippen MR) is 105 cm³/mol. The van der Waals surface area contributed by atoms with E-state index in [9.17, 15) is 9.59 Å². The lowest BCUT2D eigenvalue weighted by Gasteiger charge is -2.32. The highest BCUT2D eigenvalue weighted by molar-refractivity contribution is 5.93. The second kappa shape index (κ2) is 9.28. The fourth-order valence-electron chi connectivity index (χ4n) is 3.45. The van der Waals surface area contributed by atoms with Crippen molar-refractivity contribution in [3.05, 3.63) is 59.9 Å². The molecule has 2 aromatic rings. The highest BCUT2D eigenvalue weighted by atomic mass is 16.2. The van der Waals surface area contributed by atoms with Crippen molar-refractivity contribution in [2.24, 2.45) is 5.92 Å². The third-order valence-corrected chi connectivity index (χ3v) is 4.76. The number of pyridine rings is 1. The molecule has 1 aromatic carbocycles. The molecule has 0 bridgehead atoms. The highest BCUT2D eigenvalue weighted by Crippen LogP contribution is 2.19. The first-order chi connectivity index (χ1) is 13.1. The van der Waals surface area contributed by atoms with Gasteiger partial charge in [0, 0.05) is 44.6 Å². The van der Waals surface area contributed by atoms with Gasteiger partial charge in [-0.1, -0.05) is 12.1 Å². The van der Waals surface area contributed by atoms with Crippen molar-refractivity contribution < 1.29 is 9.59 Å². The van der Waals surface area contributed by atoms with Crippen molar-refractivity contribution >= 4 is 17.5 Å². The first kappa shape index (κ1) is 19.0. The summed E-state index contributed by atoms with van der Waals surface area (Å²) in [5, 5.41) is 5.82. The Morgan fingerprint density at radius 2 is 2.04 bits per heavy atom. The lowest BCUT2D eigenvalue weighted by Crippen LogP contribution is -2.40. The minimum atomic E-state index is -0.0613. The molecule has 1 fully saturated rings. The maximum absolute atomic E-state index is 12.2. The van der Waals surface area contributed by atoms with Crippen LogP contribution in [0.5, 0.6) is 0 Å². The van der Waals surface area contributed by atoms with Gasteiger partial charge < -0.3 is 10.6 Å². The topological polar surface area (TPSA) is 74.3 Å². The molecule has 3 rings (SSSR count). The van der Waals surface area contributed by atoms with Gasteiger partial charge in [-0.3, -0.25) is 19.5 Å². The van der Waals surface area contributed by atoms with Gasteiger partial charge >= 0.3 is 0 Å². The van der Waals surface area contributed by atoms with E-state index in [-0.39, 0.29) is 11.8 Å². The average molecular weight is 366 g/mol. The monoisotopic (exact) mass is 366 g/mol. The van der Waals surface area contributed by atoms with Crippen LogP contribution < -0.4 is 10.6 Å². The van der Waals surface area contributed by atoms with E-state index in [1.54, 1.807) is 24.5 Å². The number of carbonyl (C=O) groups excluding carboxylic acids is 2. The Bertz CT molecular complexity index is 762. The Morgan fingerprint density at radius 3 is 2.74 bits per heavy atom. The molecule has 6 heteroatoms. The molecule has 0 saturated carbocycles. The zero-order valence-corrected chi connectivity index (χ0v) is 15.6. The lowest BCUT2D eigenvalue weighted by molar-refractivity contribution is -0.114. The summed E-state index contributed by atoms with van der Waals surface area (Å²) in [4.78, 5) is 29.7. The number of nitrogens with zero attached hydrogens (tertiary/aromatic N) is 2. The molecule has 1 saturated heterocycles. The van der Waals surface area contributed by atoms with E-state index in [2.05, 4.69) is 32.7 Å². The van der Waals surface area contributed by atoms with Crippen LogP contribution in [0.25, 0.3) is 0 Å². The van der Waals surface area contributed by atoms with Crippen LogP contribution in [-0.4, -0.2) is 41.3 Å². The third kappa shape index (κ3) is 5.89. The van der Waals surface area contributed by atoms with Gasteiger partial charge in [-0.2, -0.15) is 0 Å². The molecule has 0 spiro atoms. The van der Waals surface area contributed by atoms with Crippen LogP contribution in [0.4, 0.5) is 5.69 Å². The van der Waals surface area contributed by atoms with Crippen LogP contribution in [0, 0.1) is 5.92 Å². The highest BCUT2D eigenvalue weighted by Gasteiger charge is 2.20. The van der Waals surface area contributed by atoms with E-state index < -0.39 is 0 Å². The van der Waals surface area contributed by atoms with Crippen molar-refractivity contribution in [2.75, 3.05) is 25.0 Å². The number of hydrogen-bond acceptors (Lipinski definition) is 4. The maximum Gasteiger partial charge on any atom is 0.252 e. The Balaban J connectivity index is 1.47. The van der Waals surface area contributed by atoms with Crippen LogP contribution in [0.1, 0.15) is 35.7 Å². The van der Waals surface area contributed by atoms with Crippen molar-refractivity contribution in [3.63, 3.8) is 0 Å². The molecule has 142 valence electrons. The molecular formula is C21H26N4O2. The van der Waals surface area contributed by atoms with E-state index in [1.165, 1.54) is 12.5 Å². The first-order valence-corrected chi connectivity index (χ1v) is 9.37. The zero-order chi connectivity index (χ0) is 19.1.